The van der Waals surface area contributed by atoms with Crippen LogP contribution in [-0.2, 0) is 0 Å². The molecule has 7 heteroatoms. The molecule has 2 rings (SSSR count). The standard InChI is InChI=1S/C14H9BrF3NO2/c15-11-6-3-9(16)7-12(11)19-13(20)8-1-4-10(5-2-8)21-14(17)18/h1-7,14H,(H,19,20). The van der Waals surface area contributed by atoms with Crippen molar-refractivity contribution >= 4 is 27.5 Å². The number of hydrogen-bond donors (Lipinski definition) is 1. The van der Waals surface area contributed by atoms with E-state index in [4.69, 9.17) is 0 Å². The minimum absolute atomic E-state index is 0.0477. The predicted molar refractivity (Wildman–Crippen MR) is 75.1 cm³/mol. The lowest BCUT2D eigenvalue weighted by Gasteiger charge is -2.08. The van der Waals surface area contributed by atoms with E-state index in [-0.39, 0.29) is 17.0 Å². The summed E-state index contributed by atoms with van der Waals surface area (Å²) in [4.78, 5) is 12.0. The molecule has 2 aromatic rings. The van der Waals surface area contributed by atoms with Crippen molar-refractivity contribution in [3.05, 3.63) is 58.3 Å². The van der Waals surface area contributed by atoms with Gasteiger partial charge in [0.2, 0.25) is 0 Å². The van der Waals surface area contributed by atoms with Gasteiger partial charge in [-0.1, -0.05) is 0 Å². The third-order valence-corrected chi connectivity index (χ3v) is 3.21. The number of amides is 1. The first-order chi connectivity index (χ1) is 9.95. The van der Waals surface area contributed by atoms with Crippen molar-refractivity contribution in [1.82, 2.24) is 0 Å². The van der Waals surface area contributed by atoms with Crippen molar-refractivity contribution in [2.45, 2.75) is 6.61 Å². The summed E-state index contributed by atoms with van der Waals surface area (Å²) in [5, 5.41) is 2.51. The molecule has 0 aliphatic heterocycles. The molecule has 21 heavy (non-hydrogen) atoms. The Bertz CT molecular complexity index is 647. The SMILES string of the molecule is O=C(Nc1cc(F)ccc1Br)c1ccc(OC(F)F)cc1. The van der Waals surface area contributed by atoms with Gasteiger partial charge in [-0.2, -0.15) is 8.78 Å². The number of ether oxygens (including phenoxy) is 1. The highest BCUT2D eigenvalue weighted by Crippen LogP contribution is 2.24. The van der Waals surface area contributed by atoms with Crippen LogP contribution >= 0.6 is 15.9 Å². The molecule has 1 N–H and O–H groups in total. The highest BCUT2D eigenvalue weighted by molar-refractivity contribution is 9.10. The maximum absolute atomic E-state index is 13.1. The van der Waals surface area contributed by atoms with Crippen LogP contribution < -0.4 is 10.1 Å². The Hall–Kier alpha value is -2.02. The molecule has 0 atom stereocenters. The molecule has 0 saturated carbocycles. The van der Waals surface area contributed by atoms with E-state index in [9.17, 15) is 18.0 Å². The fourth-order valence-corrected chi connectivity index (χ4v) is 1.92. The Labute approximate surface area is 126 Å². The number of anilines is 1. The van der Waals surface area contributed by atoms with Crippen LogP contribution in [0.25, 0.3) is 0 Å². The molecule has 0 radical (unpaired) electrons. The van der Waals surface area contributed by atoms with Crippen molar-refractivity contribution in [2.75, 3.05) is 5.32 Å². The molecule has 0 fully saturated rings. The van der Waals surface area contributed by atoms with Crippen molar-refractivity contribution in [1.29, 1.82) is 0 Å². The summed E-state index contributed by atoms with van der Waals surface area (Å²) in [6.07, 6.45) is 0. The Kier molecular flexibility index (Phi) is 4.85. The second kappa shape index (κ2) is 6.62. The number of halogens is 4. The molecule has 2 aromatic carbocycles. The molecule has 0 aromatic heterocycles. The molecule has 0 bridgehead atoms. The summed E-state index contributed by atoms with van der Waals surface area (Å²) >= 11 is 3.19. The van der Waals surface area contributed by atoms with Gasteiger partial charge < -0.3 is 10.1 Å². The summed E-state index contributed by atoms with van der Waals surface area (Å²) in [5.74, 6) is -1.03. The first-order valence-corrected chi connectivity index (χ1v) is 6.56. The van der Waals surface area contributed by atoms with Gasteiger partial charge in [0, 0.05) is 10.0 Å². The number of carbonyl (C=O) groups excluding carboxylic acids is 1. The van der Waals surface area contributed by atoms with Gasteiger partial charge in [0.05, 0.1) is 5.69 Å². The molecular formula is C14H9BrF3NO2. The normalized spacial score (nSPS) is 10.5. The van der Waals surface area contributed by atoms with Crippen LogP contribution in [-0.4, -0.2) is 12.5 Å². The Morgan fingerprint density at radius 3 is 2.43 bits per heavy atom. The minimum Gasteiger partial charge on any atom is -0.435 e. The summed E-state index contributed by atoms with van der Waals surface area (Å²) in [7, 11) is 0. The van der Waals surface area contributed by atoms with Gasteiger partial charge >= 0.3 is 6.61 Å². The molecule has 0 unspecified atom stereocenters. The van der Waals surface area contributed by atoms with Gasteiger partial charge in [0.15, 0.2) is 0 Å². The number of nitrogens with one attached hydrogen (secondary N) is 1. The fraction of sp³-hybridized carbons (Fsp3) is 0.0714. The highest BCUT2D eigenvalue weighted by atomic mass is 79.9. The van der Waals surface area contributed by atoms with E-state index in [0.29, 0.717) is 4.47 Å². The van der Waals surface area contributed by atoms with Gasteiger partial charge in [0.25, 0.3) is 5.91 Å². The maximum Gasteiger partial charge on any atom is 0.387 e. The summed E-state index contributed by atoms with van der Waals surface area (Å²) in [6.45, 7) is -2.92. The Morgan fingerprint density at radius 1 is 1.14 bits per heavy atom. The fourth-order valence-electron chi connectivity index (χ4n) is 1.58. The molecule has 1 amide bonds. The lowest BCUT2D eigenvalue weighted by Crippen LogP contribution is -2.12. The first-order valence-electron chi connectivity index (χ1n) is 5.77. The first kappa shape index (κ1) is 15.4. The molecule has 110 valence electrons. The number of hydrogen-bond acceptors (Lipinski definition) is 2. The largest absolute Gasteiger partial charge is 0.435 e. The van der Waals surface area contributed by atoms with Crippen LogP contribution in [0.3, 0.4) is 0 Å². The third kappa shape index (κ3) is 4.22. The van der Waals surface area contributed by atoms with Crippen LogP contribution in [0.2, 0.25) is 0 Å². The monoisotopic (exact) mass is 359 g/mol. The third-order valence-electron chi connectivity index (χ3n) is 2.52. The molecule has 0 spiro atoms. The van der Waals surface area contributed by atoms with Crippen molar-refractivity contribution in [3.63, 3.8) is 0 Å². The van der Waals surface area contributed by atoms with Crippen molar-refractivity contribution < 1.29 is 22.7 Å². The Morgan fingerprint density at radius 2 is 1.81 bits per heavy atom. The van der Waals surface area contributed by atoms with E-state index in [0.717, 1.165) is 6.07 Å². The average Bonchev–Trinajstić information content (AvgIpc) is 2.43. The lowest BCUT2D eigenvalue weighted by atomic mass is 10.2. The van der Waals surface area contributed by atoms with E-state index in [1.807, 2.05) is 0 Å². The quantitative estimate of drug-likeness (QED) is 0.876. The van der Waals surface area contributed by atoms with E-state index in [2.05, 4.69) is 26.0 Å². The molecule has 3 nitrogen and oxygen atoms in total. The van der Waals surface area contributed by atoms with Crippen LogP contribution in [0.15, 0.2) is 46.9 Å². The second-order valence-electron chi connectivity index (χ2n) is 3.98. The summed E-state index contributed by atoms with van der Waals surface area (Å²) in [5.41, 5.74) is 0.501. The predicted octanol–water partition coefficient (Wildman–Crippen LogP) is 4.44. The topological polar surface area (TPSA) is 38.3 Å². The average molecular weight is 360 g/mol. The van der Waals surface area contributed by atoms with E-state index in [1.54, 1.807) is 0 Å². The zero-order chi connectivity index (χ0) is 15.4. The smallest absolute Gasteiger partial charge is 0.387 e. The zero-order valence-corrected chi connectivity index (χ0v) is 12.0. The maximum atomic E-state index is 13.1. The van der Waals surface area contributed by atoms with Crippen molar-refractivity contribution in [2.24, 2.45) is 0 Å². The van der Waals surface area contributed by atoms with Gasteiger partial charge in [-0.3, -0.25) is 4.79 Å². The van der Waals surface area contributed by atoms with Crippen LogP contribution in [0.1, 0.15) is 10.4 Å². The number of benzene rings is 2. The van der Waals surface area contributed by atoms with Gasteiger partial charge in [-0.25, -0.2) is 4.39 Å². The summed E-state index contributed by atoms with van der Waals surface area (Å²) in [6, 6.07) is 9.04. The van der Waals surface area contributed by atoms with Crippen LogP contribution in [0.4, 0.5) is 18.9 Å². The molecular weight excluding hydrogens is 351 g/mol. The number of rotatable bonds is 4. The minimum atomic E-state index is -2.92. The van der Waals surface area contributed by atoms with Gasteiger partial charge in [0.1, 0.15) is 11.6 Å². The van der Waals surface area contributed by atoms with Crippen LogP contribution in [0, 0.1) is 5.82 Å². The molecule has 0 aliphatic rings. The molecule has 0 heterocycles. The number of carbonyl (C=O) groups is 1. The van der Waals surface area contributed by atoms with Gasteiger partial charge in [-0.05, 0) is 58.4 Å². The van der Waals surface area contributed by atoms with Gasteiger partial charge in [-0.15, -0.1) is 0 Å². The lowest BCUT2D eigenvalue weighted by molar-refractivity contribution is -0.0498. The highest BCUT2D eigenvalue weighted by Gasteiger charge is 2.10. The zero-order valence-electron chi connectivity index (χ0n) is 10.4. The van der Waals surface area contributed by atoms with E-state index < -0.39 is 18.3 Å². The number of alkyl halides is 2. The second-order valence-corrected chi connectivity index (χ2v) is 4.84. The van der Waals surface area contributed by atoms with Crippen LogP contribution in [0.5, 0.6) is 5.75 Å². The molecule has 0 saturated heterocycles. The van der Waals surface area contributed by atoms with E-state index in [1.165, 1.54) is 36.4 Å². The Balaban J connectivity index is 2.11. The summed E-state index contributed by atoms with van der Waals surface area (Å²) < 4.78 is 41.8. The molecule has 0 aliphatic carbocycles. The van der Waals surface area contributed by atoms with E-state index >= 15 is 0 Å². The van der Waals surface area contributed by atoms with Crippen molar-refractivity contribution in [3.8, 4) is 5.75 Å².